The number of fused-ring (bicyclic) bond motifs is 1. The normalized spacial score (nSPS) is 21.7. The van der Waals surface area contributed by atoms with E-state index in [9.17, 15) is 9.59 Å². The number of methoxy groups -OCH3 is 1. The first-order valence-electron chi connectivity index (χ1n) is 10.4. The van der Waals surface area contributed by atoms with Gasteiger partial charge in [0.15, 0.2) is 16.7 Å². The molecule has 3 atom stereocenters. The minimum atomic E-state index is -1.44. The summed E-state index contributed by atoms with van der Waals surface area (Å²) in [7, 11) is 0.963. The van der Waals surface area contributed by atoms with Gasteiger partial charge < -0.3 is 19.9 Å². The summed E-state index contributed by atoms with van der Waals surface area (Å²) < 4.78 is 10.2. The summed E-state index contributed by atoms with van der Waals surface area (Å²) in [6.07, 6.45) is 0.896. The Morgan fingerprint density at radius 2 is 2.06 bits per heavy atom. The molecule has 2 N–H and O–H groups in total. The third-order valence-electron chi connectivity index (χ3n) is 5.57. The van der Waals surface area contributed by atoms with Crippen molar-refractivity contribution in [3.63, 3.8) is 0 Å². The predicted octanol–water partition coefficient (Wildman–Crippen LogP) is 3.76. The highest BCUT2D eigenvalue weighted by atomic mass is 32.2. The van der Waals surface area contributed by atoms with Gasteiger partial charge >= 0.3 is 6.16 Å². The van der Waals surface area contributed by atoms with Crippen LogP contribution in [0.3, 0.4) is 0 Å². The fourth-order valence-corrected chi connectivity index (χ4v) is 5.63. The lowest BCUT2D eigenvalue weighted by molar-refractivity contribution is -0.115. The number of amides is 1. The molecule has 8 nitrogen and oxygen atoms in total. The largest absolute Gasteiger partial charge is 0.511 e. The molecule has 5 rings (SSSR count). The van der Waals surface area contributed by atoms with Crippen molar-refractivity contribution in [3.05, 3.63) is 65.9 Å². The van der Waals surface area contributed by atoms with E-state index in [2.05, 4.69) is 27.4 Å². The highest BCUT2D eigenvalue weighted by molar-refractivity contribution is 8.28. The lowest BCUT2D eigenvalue weighted by Crippen LogP contribution is -2.24. The van der Waals surface area contributed by atoms with Gasteiger partial charge in [0.1, 0.15) is 0 Å². The molecule has 0 saturated heterocycles. The van der Waals surface area contributed by atoms with Crippen LogP contribution in [0.5, 0.6) is 11.5 Å². The SMILES string of the molecule is COc1c(OC(=O)O)cnc2ccc(/C=S3/CC(=O)N=C3N[C@@H]3C[C@H]3c3ccccc3)cc12. The molecule has 1 fully saturated rings. The summed E-state index contributed by atoms with van der Waals surface area (Å²) in [5, 5.41) is 15.8. The number of carboxylic acid groups (broad SMARTS) is 1. The fraction of sp³-hybridized carbons (Fsp3) is 0.208. The van der Waals surface area contributed by atoms with E-state index in [1.165, 1.54) is 18.9 Å². The second-order valence-electron chi connectivity index (χ2n) is 7.81. The number of rotatable bonds is 5. The summed E-state index contributed by atoms with van der Waals surface area (Å²) >= 11 is 0. The number of aromatic nitrogens is 1. The van der Waals surface area contributed by atoms with Crippen LogP contribution in [0.15, 0.2) is 59.7 Å². The van der Waals surface area contributed by atoms with Gasteiger partial charge in [0, 0.05) is 17.3 Å². The van der Waals surface area contributed by atoms with Crippen LogP contribution in [0.4, 0.5) is 4.79 Å². The van der Waals surface area contributed by atoms with Gasteiger partial charge in [-0.2, -0.15) is 4.99 Å². The summed E-state index contributed by atoms with van der Waals surface area (Å²) in [5.74, 6) is 0.947. The number of carbonyl (C=O) groups excluding carboxylic acids is 1. The van der Waals surface area contributed by atoms with E-state index in [1.807, 2.05) is 41.8 Å². The Bertz CT molecular complexity index is 1320. The summed E-state index contributed by atoms with van der Waals surface area (Å²) in [5.41, 5.74) is 2.79. The third-order valence-corrected chi connectivity index (χ3v) is 7.39. The van der Waals surface area contributed by atoms with Crippen molar-refractivity contribution in [2.75, 3.05) is 12.9 Å². The molecule has 0 bridgehead atoms. The van der Waals surface area contributed by atoms with Crippen molar-refractivity contribution in [2.45, 2.75) is 18.4 Å². The highest BCUT2D eigenvalue weighted by Gasteiger charge is 2.40. The highest BCUT2D eigenvalue weighted by Crippen LogP contribution is 2.42. The van der Waals surface area contributed by atoms with Crippen molar-refractivity contribution in [3.8, 4) is 11.5 Å². The van der Waals surface area contributed by atoms with Crippen LogP contribution in [0.1, 0.15) is 23.5 Å². The molecule has 9 heteroatoms. The molecule has 1 aromatic heterocycles. The number of ether oxygens (including phenoxy) is 2. The first-order valence-corrected chi connectivity index (χ1v) is 11.8. The van der Waals surface area contributed by atoms with Crippen LogP contribution in [0.2, 0.25) is 0 Å². The first-order chi connectivity index (χ1) is 16.0. The Labute approximate surface area is 192 Å². The van der Waals surface area contributed by atoms with Crippen LogP contribution in [-0.2, 0) is 4.79 Å². The maximum Gasteiger partial charge on any atom is 0.511 e. The number of carbonyl (C=O) groups is 2. The summed E-state index contributed by atoms with van der Waals surface area (Å²) in [6, 6.07) is 16.2. The Morgan fingerprint density at radius 1 is 1.24 bits per heavy atom. The summed E-state index contributed by atoms with van der Waals surface area (Å²) in [4.78, 5) is 31.6. The Balaban J connectivity index is 1.41. The molecule has 1 unspecified atom stereocenters. The Hall–Kier alpha value is -3.72. The number of nitrogens with zero attached hydrogens (tertiary/aromatic N) is 2. The molecule has 3 aromatic rings. The van der Waals surface area contributed by atoms with Crippen molar-refractivity contribution >= 4 is 44.0 Å². The van der Waals surface area contributed by atoms with E-state index in [4.69, 9.17) is 14.6 Å². The lowest BCUT2D eigenvalue weighted by atomic mass is 10.1. The van der Waals surface area contributed by atoms with Crippen molar-refractivity contribution in [1.29, 1.82) is 0 Å². The van der Waals surface area contributed by atoms with Gasteiger partial charge in [-0.15, -0.1) is 10.5 Å². The van der Waals surface area contributed by atoms with E-state index in [1.54, 1.807) is 0 Å². The second kappa shape index (κ2) is 8.67. The van der Waals surface area contributed by atoms with Gasteiger partial charge in [-0.3, -0.25) is 9.78 Å². The van der Waals surface area contributed by atoms with Gasteiger partial charge in [0.05, 0.1) is 24.6 Å². The Kier molecular flexibility index (Phi) is 5.55. The molecule has 168 valence electrons. The van der Waals surface area contributed by atoms with Gasteiger partial charge in [0.2, 0.25) is 0 Å². The molecule has 1 aliphatic heterocycles. The van der Waals surface area contributed by atoms with Gasteiger partial charge in [-0.05, 0) is 35.0 Å². The van der Waals surface area contributed by atoms with E-state index >= 15 is 0 Å². The quantitative estimate of drug-likeness (QED) is 0.438. The fourth-order valence-electron chi connectivity index (χ4n) is 3.98. The zero-order chi connectivity index (χ0) is 22.9. The smallest absolute Gasteiger partial charge is 0.492 e. The van der Waals surface area contributed by atoms with Gasteiger partial charge in [-0.1, -0.05) is 36.4 Å². The van der Waals surface area contributed by atoms with Crippen LogP contribution < -0.4 is 14.8 Å². The average molecular weight is 464 g/mol. The molecule has 1 aliphatic carbocycles. The maximum absolute atomic E-state index is 12.1. The van der Waals surface area contributed by atoms with E-state index < -0.39 is 16.6 Å². The molecule has 1 amide bonds. The van der Waals surface area contributed by atoms with E-state index in [0.29, 0.717) is 28.3 Å². The first kappa shape index (κ1) is 21.1. The monoisotopic (exact) mass is 463 g/mol. The summed E-state index contributed by atoms with van der Waals surface area (Å²) in [6.45, 7) is 0. The molecule has 2 aromatic carbocycles. The molecular formula is C24H21N3O5S. The van der Waals surface area contributed by atoms with E-state index in [0.717, 1.165) is 17.2 Å². The van der Waals surface area contributed by atoms with Crippen molar-refractivity contribution in [1.82, 2.24) is 10.3 Å². The number of pyridine rings is 1. The minimum absolute atomic E-state index is 0.0257. The van der Waals surface area contributed by atoms with Crippen LogP contribution in [0.25, 0.3) is 10.9 Å². The molecule has 33 heavy (non-hydrogen) atoms. The maximum atomic E-state index is 12.1. The van der Waals surface area contributed by atoms with Crippen LogP contribution >= 0.6 is 10.5 Å². The number of hydrogen-bond acceptors (Lipinski definition) is 6. The molecule has 1 saturated carbocycles. The topological polar surface area (TPSA) is 110 Å². The standard InChI is InChI=1S/C24H21N3O5S/c1-31-22-17-9-14(7-8-18(17)25-11-20(22)32-24(29)30)12-33-13-21(28)27-23(33)26-19-10-16(19)15-5-3-2-4-6-15/h2-9,11-12,16,19H,10,13H2,1H3,(H,29,30)(H,26,27,28)/t16-,19+,33?/m0/s1. The zero-order valence-electron chi connectivity index (χ0n) is 17.7. The number of amidine groups is 1. The van der Waals surface area contributed by atoms with Crippen LogP contribution in [0, 0.1) is 0 Å². The van der Waals surface area contributed by atoms with Crippen LogP contribution in [-0.4, -0.2) is 51.6 Å². The second-order valence-corrected chi connectivity index (χ2v) is 9.57. The molecule has 2 aliphatic rings. The number of benzene rings is 2. The zero-order valence-corrected chi connectivity index (χ0v) is 18.5. The van der Waals surface area contributed by atoms with E-state index in [-0.39, 0.29) is 17.7 Å². The Morgan fingerprint density at radius 3 is 2.82 bits per heavy atom. The minimum Gasteiger partial charge on any atom is -0.492 e. The molecular weight excluding hydrogens is 442 g/mol. The number of aliphatic imine (C=N–C) groups is 1. The van der Waals surface area contributed by atoms with Crippen molar-refractivity contribution < 1.29 is 24.2 Å². The lowest BCUT2D eigenvalue weighted by Gasteiger charge is -2.11. The third kappa shape index (κ3) is 4.45. The molecule has 2 heterocycles. The average Bonchev–Trinajstić information content (AvgIpc) is 3.49. The van der Waals surface area contributed by atoms with Gasteiger partial charge in [-0.25, -0.2) is 4.79 Å². The number of hydrogen-bond donors (Lipinski definition) is 2. The van der Waals surface area contributed by atoms with Gasteiger partial charge in [0.25, 0.3) is 5.91 Å². The predicted molar refractivity (Wildman–Crippen MR) is 128 cm³/mol. The molecule has 0 spiro atoms. The number of nitrogens with one attached hydrogen (secondary N) is 1. The molecule has 0 radical (unpaired) electrons. The van der Waals surface area contributed by atoms with Crippen molar-refractivity contribution in [2.24, 2.45) is 4.99 Å².